The zero-order valence-corrected chi connectivity index (χ0v) is 8.81. The van der Waals surface area contributed by atoms with Crippen LogP contribution in [0, 0.1) is 0 Å². The van der Waals surface area contributed by atoms with Gasteiger partial charge in [-0.1, -0.05) is 6.58 Å². The van der Waals surface area contributed by atoms with Crippen molar-refractivity contribution in [3.05, 3.63) is 42.5 Å². The Balaban J connectivity index is 2.29. The molecule has 0 aliphatic heterocycles. The second-order valence-electron chi connectivity index (χ2n) is 3.04. The summed E-state index contributed by atoms with van der Waals surface area (Å²) in [6.45, 7) is 4.08. The van der Waals surface area contributed by atoms with Crippen LogP contribution < -0.4 is 5.32 Å². The van der Waals surface area contributed by atoms with Crippen LogP contribution in [-0.4, -0.2) is 25.4 Å². The molecule has 0 saturated heterocycles. The number of carbonyl (C=O) groups is 2. The van der Waals surface area contributed by atoms with Gasteiger partial charge in [-0.05, 0) is 24.3 Å². The second kappa shape index (κ2) is 6.40. The summed E-state index contributed by atoms with van der Waals surface area (Å²) in [6, 6.07) is 7.01. The van der Waals surface area contributed by atoms with Crippen molar-refractivity contribution >= 4 is 17.9 Å². The minimum absolute atomic E-state index is 0.278. The van der Waals surface area contributed by atoms with Crippen LogP contribution in [0.4, 0.5) is 5.69 Å². The molecule has 0 amide bonds. The fraction of sp³-hybridized carbons (Fsp3) is 0.167. The highest BCUT2D eigenvalue weighted by atomic mass is 16.5. The highest BCUT2D eigenvalue weighted by Gasteiger charge is 1.95. The maximum Gasteiger partial charge on any atom is 0.330 e. The van der Waals surface area contributed by atoms with Crippen LogP contribution in [0.3, 0.4) is 0 Å². The molecule has 0 radical (unpaired) electrons. The minimum atomic E-state index is -0.432. The van der Waals surface area contributed by atoms with Crippen molar-refractivity contribution in [1.82, 2.24) is 0 Å². The van der Waals surface area contributed by atoms with Crippen molar-refractivity contribution in [2.24, 2.45) is 0 Å². The number of rotatable bonds is 6. The molecule has 4 nitrogen and oxygen atoms in total. The van der Waals surface area contributed by atoms with Gasteiger partial charge in [0.25, 0.3) is 0 Å². The molecular weight excluding hydrogens is 206 g/mol. The number of hydrogen-bond acceptors (Lipinski definition) is 4. The standard InChI is InChI=1S/C12H13NO3/c1-2-12(15)16-8-7-13-11-5-3-10(9-14)4-6-11/h2-6,9,13H,1,7-8H2. The highest BCUT2D eigenvalue weighted by Crippen LogP contribution is 2.07. The normalized spacial score (nSPS) is 9.25. The SMILES string of the molecule is C=CC(=O)OCCNc1ccc(C=O)cc1. The number of esters is 1. The molecule has 84 valence electrons. The van der Waals surface area contributed by atoms with Crippen LogP contribution in [-0.2, 0) is 9.53 Å². The Bertz CT molecular complexity index is 370. The summed E-state index contributed by atoms with van der Waals surface area (Å²) < 4.78 is 4.78. The zero-order valence-electron chi connectivity index (χ0n) is 8.81. The number of benzene rings is 1. The Hall–Kier alpha value is -2.10. The van der Waals surface area contributed by atoms with Crippen molar-refractivity contribution in [1.29, 1.82) is 0 Å². The lowest BCUT2D eigenvalue weighted by Crippen LogP contribution is -2.12. The van der Waals surface area contributed by atoms with E-state index < -0.39 is 5.97 Å². The average Bonchev–Trinajstić information content (AvgIpc) is 2.35. The maximum absolute atomic E-state index is 10.7. The van der Waals surface area contributed by atoms with Gasteiger partial charge in [0, 0.05) is 23.9 Å². The molecular formula is C12H13NO3. The van der Waals surface area contributed by atoms with Gasteiger partial charge >= 0.3 is 5.97 Å². The third-order valence-corrected chi connectivity index (χ3v) is 1.89. The lowest BCUT2D eigenvalue weighted by Gasteiger charge is -2.06. The summed E-state index contributed by atoms with van der Waals surface area (Å²) in [5.74, 6) is -0.432. The summed E-state index contributed by atoms with van der Waals surface area (Å²) in [5.41, 5.74) is 1.50. The van der Waals surface area contributed by atoms with E-state index in [1.54, 1.807) is 24.3 Å². The van der Waals surface area contributed by atoms with Gasteiger partial charge in [-0.25, -0.2) is 4.79 Å². The Labute approximate surface area is 93.9 Å². The van der Waals surface area contributed by atoms with Gasteiger partial charge in [0.1, 0.15) is 12.9 Å². The maximum atomic E-state index is 10.7. The molecule has 0 aliphatic rings. The zero-order chi connectivity index (χ0) is 11.8. The van der Waals surface area contributed by atoms with Crippen LogP contribution in [0.2, 0.25) is 0 Å². The molecule has 0 spiro atoms. The van der Waals surface area contributed by atoms with Crippen LogP contribution >= 0.6 is 0 Å². The van der Waals surface area contributed by atoms with Crippen molar-refractivity contribution in [2.45, 2.75) is 0 Å². The summed E-state index contributed by atoms with van der Waals surface area (Å²) in [6.07, 6.45) is 1.91. The fourth-order valence-electron chi connectivity index (χ4n) is 1.09. The number of hydrogen-bond donors (Lipinski definition) is 1. The van der Waals surface area contributed by atoms with E-state index >= 15 is 0 Å². The molecule has 0 aromatic heterocycles. The van der Waals surface area contributed by atoms with E-state index in [-0.39, 0.29) is 6.61 Å². The Kier molecular flexibility index (Phi) is 4.79. The molecule has 0 aliphatic carbocycles. The summed E-state index contributed by atoms with van der Waals surface area (Å²) in [5, 5.41) is 3.05. The number of nitrogens with one attached hydrogen (secondary N) is 1. The molecule has 1 rings (SSSR count). The monoisotopic (exact) mass is 219 g/mol. The second-order valence-corrected chi connectivity index (χ2v) is 3.04. The van der Waals surface area contributed by atoms with Crippen LogP contribution in [0.1, 0.15) is 10.4 Å². The highest BCUT2D eigenvalue weighted by molar-refractivity contribution is 5.81. The van der Waals surface area contributed by atoms with E-state index in [4.69, 9.17) is 4.74 Å². The first-order chi connectivity index (χ1) is 7.76. The predicted molar refractivity (Wildman–Crippen MR) is 61.5 cm³/mol. The summed E-state index contributed by atoms with van der Waals surface area (Å²) in [7, 11) is 0. The first kappa shape index (κ1) is 12.0. The summed E-state index contributed by atoms with van der Waals surface area (Å²) in [4.78, 5) is 21.1. The molecule has 16 heavy (non-hydrogen) atoms. The van der Waals surface area contributed by atoms with Gasteiger partial charge in [-0.2, -0.15) is 0 Å². The van der Waals surface area contributed by atoms with E-state index in [0.717, 1.165) is 18.0 Å². The number of aldehydes is 1. The average molecular weight is 219 g/mol. The lowest BCUT2D eigenvalue weighted by atomic mass is 10.2. The molecule has 0 saturated carbocycles. The number of anilines is 1. The smallest absolute Gasteiger partial charge is 0.330 e. The Morgan fingerprint density at radius 3 is 2.62 bits per heavy atom. The van der Waals surface area contributed by atoms with E-state index in [0.29, 0.717) is 12.1 Å². The van der Waals surface area contributed by atoms with Gasteiger partial charge < -0.3 is 10.1 Å². The molecule has 0 fully saturated rings. The van der Waals surface area contributed by atoms with Gasteiger partial charge in [0.2, 0.25) is 0 Å². The predicted octanol–water partition coefficient (Wildman–Crippen LogP) is 1.64. The topological polar surface area (TPSA) is 55.4 Å². The fourth-order valence-corrected chi connectivity index (χ4v) is 1.09. The largest absolute Gasteiger partial charge is 0.461 e. The molecule has 4 heteroatoms. The van der Waals surface area contributed by atoms with Crippen molar-refractivity contribution in [2.75, 3.05) is 18.5 Å². The summed E-state index contributed by atoms with van der Waals surface area (Å²) >= 11 is 0. The Morgan fingerprint density at radius 2 is 2.06 bits per heavy atom. The number of ether oxygens (including phenoxy) is 1. The van der Waals surface area contributed by atoms with Crippen LogP contribution in [0.25, 0.3) is 0 Å². The van der Waals surface area contributed by atoms with Gasteiger partial charge in [0.15, 0.2) is 0 Å². The third-order valence-electron chi connectivity index (χ3n) is 1.89. The van der Waals surface area contributed by atoms with Crippen LogP contribution in [0.15, 0.2) is 36.9 Å². The van der Waals surface area contributed by atoms with Gasteiger partial charge in [-0.3, -0.25) is 4.79 Å². The number of carbonyl (C=O) groups excluding carboxylic acids is 2. The molecule has 0 bridgehead atoms. The van der Waals surface area contributed by atoms with Crippen molar-refractivity contribution < 1.29 is 14.3 Å². The Morgan fingerprint density at radius 1 is 1.38 bits per heavy atom. The lowest BCUT2D eigenvalue weighted by molar-refractivity contribution is -0.137. The van der Waals surface area contributed by atoms with Crippen molar-refractivity contribution in [3.8, 4) is 0 Å². The molecule has 0 unspecified atom stereocenters. The molecule has 0 atom stereocenters. The van der Waals surface area contributed by atoms with E-state index in [2.05, 4.69) is 11.9 Å². The molecule has 1 aromatic carbocycles. The first-order valence-electron chi connectivity index (χ1n) is 4.84. The van der Waals surface area contributed by atoms with E-state index in [1.165, 1.54) is 0 Å². The molecule has 1 N–H and O–H groups in total. The van der Waals surface area contributed by atoms with Crippen molar-refractivity contribution in [3.63, 3.8) is 0 Å². The van der Waals surface area contributed by atoms with Gasteiger partial charge in [-0.15, -0.1) is 0 Å². The van der Waals surface area contributed by atoms with E-state index in [9.17, 15) is 9.59 Å². The van der Waals surface area contributed by atoms with E-state index in [1.807, 2.05) is 0 Å². The molecule has 1 aromatic rings. The third kappa shape index (κ3) is 3.96. The van der Waals surface area contributed by atoms with Gasteiger partial charge in [0.05, 0.1) is 0 Å². The molecule has 0 heterocycles. The minimum Gasteiger partial charge on any atom is -0.461 e. The quantitative estimate of drug-likeness (QED) is 0.342. The first-order valence-corrected chi connectivity index (χ1v) is 4.84. The van der Waals surface area contributed by atoms with Crippen LogP contribution in [0.5, 0.6) is 0 Å².